The van der Waals surface area contributed by atoms with E-state index in [1.54, 1.807) is 7.11 Å². The molecule has 4 heteroatoms. The molecule has 1 heterocycles. The first kappa shape index (κ1) is 12.2. The van der Waals surface area contributed by atoms with Crippen LogP contribution in [0.3, 0.4) is 0 Å². The minimum atomic E-state index is 0.151. The smallest absolute Gasteiger partial charge is 0.105 e. The Morgan fingerprint density at radius 3 is 2.73 bits per heavy atom. The highest BCUT2D eigenvalue weighted by atomic mass is 16.5. The number of aryl methyl sites for hydroxylation is 2. The number of hydrogen-bond donors (Lipinski definition) is 2. The summed E-state index contributed by atoms with van der Waals surface area (Å²) in [5.74, 6) is 7.40. The highest BCUT2D eigenvalue weighted by Crippen LogP contribution is 2.24. The van der Waals surface area contributed by atoms with E-state index in [1.165, 1.54) is 0 Å². The summed E-state index contributed by atoms with van der Waals surface area (Å²) in [5.41, 5.74) is 3.96. The van der Waals surface area contributed by atoms with E-state index in [0.29, 0.717) is 0 Å². The molecule has 1 aromatic rings. The minimum Gasteiger partial charge on any atom is -0.466 e. The van der Waals surface area contributed by atoms with Gasteiger partial charge < -0.3 is 9.15 Å². The number of hydrazine groups is 1. The fourth-order valence-corrected chi connectivity index (χ4v) is 1.76. The first-order valence-electron chi connectivity index (χ1n) is 5.21. The van der Waals surface area contributed by atoms with Crippen molar-refractivity contribution in [1.82, 2.24) is 5.43 Å². The molecule has 1 aromatic heterocycles. The molecule has 0 saturated carbocycles. The molecule has 4 nitrogen and oxygen atoms in total. The van der Waals surface area contributed by atoms with E-state index in [2.05, 4.69) is 5.43 Å². The summed E-state index contributed by atoms with van der Waals surface area (Å²) in [6.07, 6.45) is 1.93. The summed E-state index contributed by atoms with van der Waals surface area (Å²) in [6.45, 7) is 4.66. The summed E-state index contributed by atoms with van der Waals surface area (Å²) in [7, 11) is 1.71. The molecule has 0 radical (unpaired) electrons. The molecular formula is C11H20N2O2. The van der Waals surface area contributed by atoms with Gasteiger partial charge in [-0.25, -0.2) is 0 Å². The van der Waals surface area contributed by atoms with Crippen LogP contribution in [0.1, 0.15) is 36.0 Å². The Bertz CT molecular complexity index is 297. The van der Waals surface area contributed by atoms with E-state index in [0.717, 1.165) is 36.5 Å². The van der Waals surface area contributed by atoms with Crippen LogP contribution in [0, 0.1) is 13.8 Å². The highest BCUT2D eigenvalue weighted by Gasteiger charge is 2.15. The average Bonchev–Trinajstić information content (AvgIpc) is 2.53. The Kier molecular flexibility index (Phi) is 4.81. The summed E-state index contributed by atoms with van der Waals surface area (Å²) in [4.78, 5) is 0. The van der Waals surface area contributed by atoms with Gasteiger partial charge in [0.15, 0.2) is 0 Å². The Morgan fingerprint density at radius 1 is 1.53 bits per heavy atom. The van der Waals surface area contributed by atoms with Gasteiger partial charge in [0.1, 0.15) is 11.5 Å². The average molecular weight is 212 g/mol. The van der Waals surface area contributed by atoms with Crippen molar-refractivity contribution in [2.45, 2.75) is 32.7 Å². The SMILES string of the molecule is COCCCC(NN)c1cc(C)oc1C. The predicted octanol–water partition coefficient (Wildman–Crippen LogP) is 1.83. The number of ether oxygens (including phenoxy) is 1. The molecule has 15 heavy (non-hydrogen) atoms. The molecular weight excluding hydrogens is 192 g/mol. The third kappa shape index (κ3) is 3.34. The minimum absolute atomic E-state index is 0.151. The van der Waals surface area contributed by atoms with Crippen molar-refractivity contribution in [1.29, 1.82) is 0 Å². The maximum Gasteiger partial charge on any atom is 0.105 e. The first-order chi connectivity index (χ1) is 7.19. The number of methoxy groups -OCH3 is 1. The largest absolute Gasteiger partial charge is 0.466 e. The Balaban J connectivity index is 2.61. The van der Waals surface area contributed by atoms with Crippen molar-refractivity contribution < 1.29 is 9.15 Å². The van der Waals surface area contributed by atoms with E-state index in [-0.39, 0.29) is 6.04 Å². The quantitative estimate of drug-likeness (QED) is 0.429. The van der Waals surface area contributed by atoms with Crippen LogP contribution in [0.5, 0.6) is 0 Å². The highest BCUT2D eigenvalue weighted by molar-refractivity contribution is 5.23. The van der Waals surface area contributed by atoms with Gasteiger partial charge >= 0.3 is 0 Å². The van der Waals surface area contributed by atoms with Crippen LogP contribution in [0.2, 0.25) is 0 Å². The van der Waals surface area contributed by atoms with Crippen molar-refractivity contribution >= 4 is 0 Å². The van der Waals surface area contributed by atoms with Gasteiger partial charge in [-0.3, -0.25) is 11.3 Å². The molecule has 86 valence electrons. The van der Waals surface area contributed by atoms with Crippen molar-refractivity contribution in [3.05, 3.63) is 23.2 Å². The molecule has 3 N–H and O–H groups in total. The van der Waals surface area contributed by atoms with Gasteiger partial charge in [-0.05, 0) is 32.8 Å². The van der Waals surface area contributed by atoms with E-state index >= 15 is 0 Å². The van der Waals surface area contributed by atoms with Gasteiger partial charge in [0, 0.05) is 25.3 Å². The number of furan rings is 1. The lowest BCUT2D eigenvalue weighted by Crippen LogP contribution is -2.28. The standard InChI is InChI=1S/C11H20N2O2/c1-8-7-10(9(2)15-8)11(13-12)5-4-6-14-3/h7,11,13H,4-6,12H2,1-3H3. The molecule has 0 fully saturated rings. The topological polar surface area (TPSA) is 60.4 Å². The fraction of sp³-hybridized carbons (Fsp3) is 0.636. The van der Waals surface area contributed by atoms with Gasteiger partial charge in [0.05, 0.1) is 0 Å². The third-order valence-electron chi connectivity index (χ3n) is 2.50. The first-order valence-corrected chi connectivity index (χ1v) is 5.21. The maximum absolute atomic E-state index is 5.53. The molecule has 0 bridgehead atoms. The van der Waals surface area contributed by atoms with Crippen LogP contribution in [-0.2, 0) is 4.74 Å². The van der Waals surface area contributed by atoms with Crippen LogP contribution in [0.25, 0.3) is 0 Å². The molecule has 1 rings (SSSR count). The van der Waals surface area contributed by atoms with Crippen LogP contribution >= 0.6 is 0 Å². The fourth-order valence-electron chi connectivity index (χ4n) is 1.76. The second-order valence-corrected chi connectivity index (χ2v) is 3.72. The second-order valence-electron chi connectivity index (χ2n) is 3.72. The van der Waals surface area contributed by atoms with Crippen molar-refractivity contribution in [3.63, 3.8) is 0 Å². The van der Waals surface area contributed by atoms with Crippen LogP contribution in [0.4, 0.5) is 0 Å². The van der Waals surface area contributed by atoms with Crippen LogP contribution < -0.4 is 11.3 Å². The third-order valence-corrected chi connectivity index (χ3v) is 2.50. The lowest BCUT2D eigenvalue weighted by atomic mass is 10.0. The molecule has 1 atom stereocenters. The van der Waals surface area contributed by atoms with Gasteiger partial charge in [-0.15, -0.1) is 0 Å². The van der Waals surface area contributed by atoms with Crippen molar-refractivity contribution in [3.8, 4) is 0 Å². The number of rotatable bonds is 6. The van der Waals surface area contributed by atoms with Crippen LogP contribution in [0.15, 0.2) is 10.5 Å². The zero-order valence-corrected chi connectivity index (χ0v) is 9.67. The molecule has 0 aromatic carbocycles. The molecule has 0 amide bonds. The summed E-state index contributed by atoms with van der Waals surface area (Å²) in [5, 5.41) is 0. The molecule has 0 aliphatic heterocycles. The van der Waals surface area contributed by atoms with Gasteiger partial charge in [-0.1, -0.05) is 0 Å². The Hall–Kier alpha value is -0.840. The monoisotopic (exact) mass is 212 g/mol. The Morgan fingerprint density at radius 2 is 2.27 bits per heavy atom. The Labute approximate surface area is 90.8 Å². The van der Waals surface area contributed by atoms with Crippen molar-refractivity contribution in [2.24, 2.45) is 5.84 Å². The number of nitrogens with one attached hydrogen (secondary N) is 1. The zero-order chi connectivity index (χ0) is 11.3. The lowest BCUT2D eigenvalue weighted by Gasteiger charge is -2.14. The number of nitrogens with two attached hydrogens (primary N) is 1. The molecule has 0 spiro atoms. The van der Waals surface area contributed by atoms with Gasteiger partial charge in [-0.2, -0.15) is 0 Å². The predicted molar refractivity (Wildman–Crippen MR) is 59.4 cm³/mol. The molecule has 0 aliphatic rings. The molecule has 1 unspecified atom stereocenters. The molecule has 0 aliphatic carbocycles. The van der Waals surface area contributed by atoms with E-state index in [1.807, 2.05) is 19.9 Å². The van der Waals surface area contributed by atoms with Crippen LogP contribution in [-0.4, -0.2) is 13.7 Å². The molecule has 0 saturated heterocycles. The zero-order valence-electron chi connectivity index (χ0n) is 9.67. The van der Waals surface area contributed by atoms with Gasteiger partial charge in [0.25, 0.3) is 0 Å². The lowest BCUT2D eigenvalue weighted by molar-refractivity contribution is 0.188. The maximum atomic E-state index is 5.53. The second kappa shape index (κ2) is 5.90. The summed E-state index contributed by atoms with van der Waals surface area (Å²) in [6, 6.07) is 2.18. The summed E-state index contributed by atoms with van der Waals surface area (Å²) >= 11 is 0. The van der Waals surface area contributed by atoms with Gasteiger partial charge in [0.2, 0.25) is 0 Å². The summed E-state index contributed by atoms with van der Waals surface area (Å²) < 4.78 is 10.5. The van der Waals surface area contributed by atoms with E-state index in [9.17, 15) is 0 Å². The normalized spacial score (nSPS) is 13.1. The number of hydrogen-bond acceptors (Lipinski definition) is 4. The van der Waals surface area contributed by atoms with Crippen molar-refractivity contribution in [2.75, 3.05) is 13.7 Å². The van der Waals surface area contributed by atoms with E-state index in [4.69, 9.17) is 15.0 Å². The van der Waals surface area contributed by atoms with E-state index < -0.39 is 0 Å².